The van der Waals surface area contributed by atoms with E-state index in [4.69, 9.17) is 9.47 Å². The van der Waals surface area contributed by atoms with E-state index in [-0.39, 0.29) is 24.4 Å². The van der Waals surface area contributed by atoms with Crippen molar-refractivity contribution in [3.63, 3.8) is 0 Å². The van der Waals surface area contributed by atoms with E-state index in [0.29, 0.717) is 5.75 Å². The van der Waals surface area contributed by atoms with Gasteiger partial charge in [-0.05, 0) is 67.8 Å². The molecule has 0 saturated carbocycles. The van der Waals surface area contributed by atoms with Crippen LogP contribution < -0.4 is 14.4 Å². The van der Waals surface area contributed by atoms with Crippen LogP contribution in [0, 0.1) is 5.82 Å². The number of methoxy groups -OCH3 is 1. The smallest absolute Gasteiger partial charge is 0.265 e. The molecule has 1 aliphatic heterocycles. The normalized spacial score (nSPS) is 16.5. The topological polar surface area (TPSA) is 38.8 Å². The molecule has 5 heteroatoms. The maximum Gasteiger partial charge on any atom is 0.265 e. The molecule has 24 heavy (non-hydrogen) atoms. The molecule has 0 N–H and O–H groups in total. The third-order valence-electron chi connectivity index (χ3n) is 4.26. The van der Waals surface area contributed by atoms with Crippen molar-refractivity contribution in [2.75, 3.05) is 18.6 Å². The van der Waals surface area contributed by atoms with Gasteiger partial charge in [-0.25, -0.2) is 4.39 Å². The van der Waals surface area contributed by atoms with E-state index in [0.717, 1.165) is 29.8 Å². The van der Waals surface area contributed by atoms with Crippen LogP contribution in [-0.4, -0.2) is 25.7 Å². The van der Waals surface area contributed by atoms with Crippen molar-refractivity contribution in [3.05, 3.63) is 53.8 Å². The van der Waals surface area contributed by atoms with E-state index < -0.39 is 0 Å². The molecule has 1 aliphatic rings. The lowest BCUT2D eigenvalue weighted by Gasteiger charge is -2.35. The fraction of sp³-hybridized carbons (Fsp3) is 0.316. The number of hydrogen-bond donors (Lipinski definition) is 0. The number of carbonyl (C=O) groups excluding carboxylic acids is 1. The molecule has 0 aromatic heterocycles. The highest BCUT2D eigenvalue weighted by Gasteiger charge is 2.28. The highest BCUT2D eigenvalue weighted by atomic mass is 19.1. The molecule has 2 aromatic rings. The van der Waals surface area contributed by atoms with Crippen LogP contribution >= 0.6 is 0 Å². The van der Waals surface area contributed by atoms with Gasteiger partial charge in [-0.15, -0.1) is 0 Å². The molecule has 1 heterocycles. The first kappa shape index (κ1) is 16.3. The van der Waals surface area contributed by atoms with Crippen LogP contribution in [0.15, 0.2) is 42.5 Å². The van der Waals surface area contributed by atoms with Gasteiger partial charge in [-0.2, -0.15) is 0 Å². The molecule has 0 aliphatic carbocycles. The zero-order chi connectivity index (χ0) is 17.1. The van der Waals surface area contributed by atoms with Gasteiger partial charge in [0, 0.05) is 11.7 Å². The van der Waals surface area contributed by atoms with E-state index in [2.05, 4.69) is 0 Å². The molecule has 0 bridgehead atoms. The lowest BCUT2D eigenvalue weighted by molar-refractivity contribution is -0.121. The molecule has 0 fully saturated rings. The average molecular weight is 329 g/mol. The third kappa shape index (κ3) is 3.35. The van der Waals surface area contributed by atoms with Gasteiger partial charge in [-0.1, -0.05) is 0 Å². The Kier molecular flexibility index (Phi) is 4.69. The molecule has 3 rings (SSSR count). The van der Waals surface area contributed by atoms with Crippen molar-refractivity contribution in [2.24, 2.45) is 0 Å². The molecule has 4 nitrogen and oxygen atoms in total. The van der Waals surface area contributed by atoms with Crippen molar-refractivity contribution in [1.82, 2.24) is 0 Å². The van der Waals surface area contributed by atoms with E-state index in [1.807, 2.05) is 6.92 Å². The van der Waals surface area contributed by atoms with Crippen molar-refractivity contribution in [3.8, 4) is 11.5 Å². The van der Waals surface area contributed by atoms with Gasteiger partial charge in [0.1, 0.15) is 17.3 Å². The second-order valence-electron chi connectivity index (χ2n) is 5.89. The number of hydrogen-bond acceptors (Lipinski definition) is 3. The zero-order valence-corrected chi connectivity index (χ0v) is 13.8. The minimum atomic E-state index is -0.273. The summed E-state index contributed by atoms with van der Waals surface area (Å²) in [6.07, 6.45) is 1.59. The Balaban J connectivity index is 1.72. The van der Waals surface area contributed by atoms with E-state index >= 15 is 0 Å². The minimum Gasteiger partial charge on any atom is -0.497 e. The van der Waals surface area contributed by atoms with E-state index in [1.165, 1.54) is 12.1 Å². The Morgan fingerprint density at radius 3 is 2.62 bits per heavy atom. The van der Waals surface area contributed by atoms with E-state index in [1.54, 1.807) is 42.3 Å². The highest BCUT2D eigenvalue weighted by molar-refractivity contribution is 5.96. The quantitative estimate of drug-likeness (QED) is 0.860. The molecule has 1 unspecified atom stereocenters. The predicted octanol–water partition coefficient (Wildman–Crippen LogP) is 3.58. The van der Waals surface area contributed by atoms with Crippen LogP contribution in [0.25, 0.3) is 0 Å². The van der Waals surface area contributed by atoms with Gasteiger partial charge < -0.3 is 14.4 Å². The van der Waals surface area contributed by atoms with Crippen LogP contribution in [0.2, 0.25) is 0 Å². The fourth-order valence-electron chi connectivity index (χ4n) is 2.99. The molecule has 126 valence electrons. The average Bonchev–Trinajstić information content (AvgIpc) is 2.60. The fourth-order valence-corrected chi connectivity index (χ4v) is 2.99. The molecule has 0 radical (unpaired) electrons. The highest BCUT2D eigenvalue weighted by Crippen LogP contribution is 2.31. The summed E-state index contributed by atoms with van der Waals surface area (Å²) >= 11 is 0. The van der Waals surface area contributed by atoms with Crippen LogP contribution in [0.4, 0.5) is 10.1 Å². The summed E-state index contributed by atoms with van der Waals surface area (Å²) in [7, 11) is 1.59. The summed E-state index contributed by atoms with van der Waals surface area (Å²) in [4.78, 5) is 14.3. The molecule has 0 saturated heterocycles. The Morgan fingerprint density at radius 2 is 1.92 bits per heavy atom. The van der Waals surface area contributed by atoms with Crippen LogP contribution in [0.3, 0.4) is 0 Å². The molecule has 0 spiro atoms. The molecule has 2 aromatic carbocycles. The zero-order valence-electron chi connectivity index (χ0n) is 13.8. The Bertz CT molecular complexity index is 730. The molecular formula is C19H20FNO3. The number of halogens is 1. The number of anilines is 1. The molecular weight excluding hydrogens is 309 g/mol. The maximum absolute atomic E-state index is 13.4. The number of aryl methyl sites for hydroxylation is 1. The second-order valence-corrected chi connectivity index (χ2v) is 5.89. The second kappa shape index (κ2) is 6.91. The largest absolute Gasteiger partial charge is 0.497 e. The standard InChI is InChI=1S/C19H20FNO3/c1-13-3-4-14-11-15(20)5-10-18(14)21(13)19(22)12-24-17-8-6-16(23-2)7-9-17/h5-11,13H,3-4,12H2,1-2H3. The summed E-state index contributed by atoms with van der Waals surface area (Å²) in [5.41, 5.74) is 1.64. The monoisotopic (exact) mass is 329 g/mol. The SMILES string of the molecule is COc1ccc(OCC(=O)N2c3ccc(F)cc3CCC2C)cc1. The van der Waals surface area contributed by atoms with Crippen molar-refractivity contribution in [1.29, 1.82) is 0 Å². The van der Waals surface area contributed by atoms with Crippen LogP contribution in [0.1, 0.15) is 18.9 Å². The number of rotatable bonds is 4. The first-order valence-electron chi connectivity index (χ1n) is 7.96. The summed E-state index contributed by atoms with van der Waals surface area (Å²) in [6.45, 7) is 1.94. The Hall–Kier alpha value is -2.56. The van der Waals surface area contributed by atoms with Gasteiger partial charge in [0.2, 0.25) is 0 Å². The summed E-state index contributed by atoms with van der Waals surface area (Å²) < 4.78 is 24.1. The van der Waals surface area contributed by atoms with Gasteiger partial charge in [-0.3, -0.25) is 4.79 Å². The Labute approximate surface area is 140 Å². The van der Waals surface area contributed by atoms with Crippen molar-refractivity contribution in [2.45, 2.75) is 25.8 Å². The predicted molar refractivity (Wildman–Crippen MR) is 90.2 cm³/mol. The van der Waals surface area contributed by atoms with Gasteiger partial charge >= 0.3 is 0 Å². The lowest BCUT2D eigenvalue weighted by atomic mass is 9.96. The van der Waals surface area contributed by atoms with Gasteiger partial charge in [0.05, 0.1) is 7.11 Å². The number of benzene rings is 2. The molecule has 1 atom stereocenters. The number of ether oxygens (including phenoxy) is 2. The first-order valence-corrected chi connectivity index (χ1v) is 7.96. The summed E-state index contributed by atoms with van der Waals surface area (Å²) in [6, 6.07) is 11.7. The summed E-state index contributed by atoms with van der Waals surface area (Å²) in [5, 5.41) is 0. The number of nitrogens with zero attached hydrogens (tertiary/aromatic N) is 1. The third-order valence-corrected chi connectivity index (χ3v) is 4.26. The van der Waals surface area contributed by atoms with Crippen LogP contribution in [-0.2, 0) is 11.2 Å². The number of carbonyl (C=O) groups is 1. The maximum atomic E-state index is 13.4. The minimum absolute atomic E-state index is 0.0620. The van der Waals surface area contributed by atoms with Crippen LogP contribution in [0.5, 0.6) is 11.5 Å². The van der Waals surface area contributed by atoms with Gasteiger partial charge in [0.15, 0.2) is 6.61 Å². The van der Waals surface area contributed by atoms with Gasteiger partial charge in [0.25, 0.3) is 5.91 Å². The lowest BCUT2D eigenvalue weighted by Crippen LogP contribution is -2.44. The molecule has 1 amide bonds. The summed E-state index contributed by atoms with van der Waals surface area (Å²) in [5.74, 6) is 0.929. The number of fused-ring (bicyclic) bond motifs is 1. The Morgan fingerprint density at radius 1 is 1.21 bits per heavy atom. The van der Waals surface area contributed by atoms with E-state index in [9.17, 15) is 9.18 Å². The number of amides is 1. The first-order chi connectivity index (χ1) is 11.6. The van der Waals surface area contributed by atoms with Crippen molar-refractivity contribution < 1.29 is 18.7 Å². The van der Waals surface area contributed by atoms with Crippen molar-refractivity contribution >= 4 is 11.6 Å².